The zero-order valence-electron chi connectivity index (χ0n) is 9.79. The second kappa shape index (κ2) is 4.34. The van der Waals surface area contributed by atoms with E-state index in [9.17, 15) is 4.79 Å². The van der Waals surface area contributed by atoms with E-state index in [2.05, 4.69) is 26.0 Å². The van der Waals surface area contributed by atoms with Crippen LogP contribution in [0.3, 0.4) is 0 Å². The van der Waals surface area contributed by atoms with E-state index in [1.54, 1.807) is 0 Å². The Morgan fingerprint density at radius 3 is 2.27 bits per heavy atom. The maximum absolute atomic E-state index is 10.8. The number of benzene rings is 1. The molecular weight excluding hydrogens is 188 g/mol. The summed E-state index contributed by atoms with van der Waals surface area (Å²) in [5.41, 5.74) is 9.90. The Hall–Kier alpha value is -1.51. The highest BCUT2D eigenvalue weighted by Crippen LogP contribution is 2.22. The van der Waals surface area contributed by atoms with Gasteiger partial charge in [-0.3, -0.25) is 4.79 Å². The molecule has 0 aliphatic heterocycles. The van der Waals surface area contributed by atoms with E-state index in [1.807, 2.05) is 18.9 Å². The molecule has 82 valence electrons. The smallest absolute Gasteiger partial charge is 0.236 e. The lowest BCUT2D eigenvalue weighted by atomic mass is 10.0. The molecule has 0 bridgehead atoms. The molecule has 0 aliphatic carbocycles. The minimum absolute atomic E-state index is 0.253. The normalized spacial score (nSPS) is 10.1. The molecule has 0 saturated carbocycles. The van der Waals surface area contributed by atoms with Gasteiger partial charge in [-0.2, -0.15) is 0 Å². The van der Waals surface area contributed by atoms with E-state index in [0.29, 0.717) is 0 Å². The van der Waals surface area contributed by atoms with Gasteiger partial charge >= 0.3 is 0 Å². The zero-order chi connectivity index (χ0) is 11.6. The molecule has 0 aliphatic rings. The largest absolute Gasteiger partial charge is 0.368 e. The SMILES string of the molecule is Cc1cc(C)c(N(C)CC(N)=O)cc1C. The number of anilines is 1. The van der Waals surface area contributed by atoms with Crippen LogP contribution in [0.25, 0.3) is 0 Å². The predicted molar refractivity (Wildman–Crippen MR) is 63.1 cm³/mol. The van der Waals surface area contributed by atoms with Gasteiger partial charge in [0.05, 0.1) is 6.54 Å². The van der Waals surface area contributed by atoms with Crippen LogP contribution < -0.4 is 10.6 Å². The number of hydrogen-bond acceptors (Lipinski definition) is 2. The highest BCUT2D eigenvalue weighted by atomic mass is 16.1. The van der Waals surface area contributed by atoms with Crippen molar-refractivity contribution in [2.75, 3.05) is 18.5 Å². The van der Waals surface area contributed by atoms with Crippen LogP contribution in [0.5, 0.6) is 0 Å². The van der Waals surface area contributed by atoms with Crippen molar-refractivity contribution in [3.05, 3.63) is 28.8 Å². The number of amides is 1. The first kappa shape index (κ1) is 11.6. The van der Waals surface area contributed by atoms with Crippen LogP contribution in [-0.4, -0.2) is 19.5 Å². The number of primary amides is 1. The third-order valence-corrected chi connectivity index (χ3v) is 2.62. The van der Waals surface area contributed by atoms with Crippen LogP contribution in [-0.2, 0) is 4.79 Å². The number of carbonyl (C=O) groups excluding carboxylic acids is 1. The molecule has 3 nitrogen and oxygen atoms in total. The Balaban J connectivity index is 3.03. The maximum atomic E-state index is 10.8. The summed E-state index contributed by atoms with van der Waals surface area (Å²) in [6.45, 7) is 6.44. The van der Waals surface area contributed by atoms with Crippen LogP contribution >= 0.6 is 0 Å². The van der Waals surface area contributed by atoms with Crippen molar-refractivity contribution in [2.24, 2.45) is 5.73 Å². The van der Waals surface area contributed by atoms with E-state index in [1.165, 1.54) is 16.7 Å². The van der Waals surface area contributed by atoms with Gasteiger partial charge in [0.1, 0.15) is 0 Å². The first-order chi connectivity index (χ1) is 6.91. The van der Waals surface area contributed by atoms with Gasteiger partial charge < -0.3 is 10.6 Å². The van der Waals surface area contributed by atoms with Crippen molar-refractivity contribution >= 4 is 11.6 Å². The predicted octanol–water partition coefficient (Wildman–Crippen LogP) is 1.53. The lowest BCUT2D eigenvalue weighted by molar-refractivity contribution is -0.116. The molecule has 0 radical (unpaired) electrons. The second-order valence-electron chi connectivity index (χ2n) is 4.05. The number of nitrogens with two attached hydrogens (primary N) is 1. The molecule has 15 heavy (non-hydrogen) atoms. The molecule has 1 aromatic carbocycles. The molecule has 0 spiro atoms. The van der Waals surface area contributed by atoms with Gasteiger partial charge in [0.15, 0.2) is 0 Å². The number of nitrogens with zero attached hydrogens (tertiary/aromatic N) is 1. The molecule has 1 amide bonds. The van der Waals surface area contributed by atoms with Crippen LogP contribution in [0, 0.1) is 20.8 Å². The summed E-state index contributed by atoms with van der Waals surface area (Å²) >= 11 is 0. The molecule has 3 heteroatoms. The summed E-state index contributed by atoms with van der Waals surface area (Å²) in [5.74, 6) is -0.310. The first-order valence-electron chi connectivity index (χ1n) is 4.99. The number of aryl methyl sites for hydroxylation is 3. The fraction of sp³-hybridized carbons (Fsp3) is 0.417. The first-order valence-corrected chi connectivity index (χ1v) is 4.99. The minimum Gasteiger partial charge on any atom is -0.368 e. The van der Waals surface area contributed by atoms with E-state index in [-0.39, 0.29) is 12.5 Å². The third-order valence-electron chi connectivity index (χ3n) is 2.62. The number of hydrogen-bond donors (Lipinski definition) is 1. The second-order valence-corrected chi connectivity index (χ2v) is 4.05. The Bertz CT molecular complexity index is 385. The summed E-state index contributed by atoms with van der Waals surface area (Å²) in [6, 6.07) is 4.22. The van der Waals surface area contributed by atoms with Crippen molar-refractivity contribution in [2.45, 2.75) is 20.8 Å². The van der Waals surface area contributed by atoms with E-state index in [0.717, 1.165) is 5.69 Å². The Morgan fingerprint density at radius 1 is 1.20 bits per heavy atom. The van der Waals surface area contributed by atoms with Gasteiger partial charge in [0.2, 0.25) is 5.91 Å². The van der Waals surface area contributed by atoms with Crippen molar-refractivity contribution < 1.29 is 4.79 Å². The number of likely N-dealkylation sites (N-methyl/N-ethyl adjacent to an activating group) is 1. The highest BCUT2D eigenvalue weighted by molar-refractivity contribution is 5.79. The van der Waals surface area contributed by atoms with Crippen molar-refractivity contribution in [3.63, 3.8) is 0 Å². The molecule has 1 rings (SSSR count). The zero-order valence-corrected chi connectivity index (χ0v) is 9.79. The minimum atomic E-state index is -0.310. The van der Waals surface area contributed by atoms with Gasteiger partial charge in [-0.25, -0.2) is 0 Å². The molecule has 0 heterocycles. The monoisotopic (exact) mass is 206 g/mol. The molecule has 1 aromatic rings. The lowest BCUT2D eigenvalue weighted by Crippen LogP contribution is -2.31. The Morgan fingerprint density at radius 2 is 1.73 bits per heavy atom. The van der Waals surface area contributed by atoms with Gasteiger partial charge in [-0.05, 0) is 43.5 Å². The Kier molecular flexibility index (Phi) is 3.35. The van der Waals surface area contributed by atoms with Gasteiger partial charge in [-0.1, -0.05) is 6.07 Å². The number of rotatable bonds is 3. The Labute approximate surface area is 90.9 Å². The molecule has 0 atom stereocenters. The third kappa shape index (κ3) is 2.72. The average Bonchev–Trinajstić information content (AvgIpc) is 2.09. The van der Waals surface area contributed by atoms with Crippen molar-refractivity contribution in [3.8, 4) is 0 Å². The molecule has 0 saturated heterocycles. The molecule has 2 N–H and O–H groups in total. The van der Waals surface area contributed by atoms with Crippen molar-refractivity contribution in [1.82, 2.24) is 0 Å². The fourth-order valence-electron chi connectivity index (χ4n) is 1.68. The summed E-state index contributed by atoms with van der Waals surface area (Å²) in [7, 11) is 1.88. The summed E-state index contributed by atoms with van der Waals surface area (Å²) in [6.07, 6.45) is 0. The topological polar surface area (TPSA) is 46.3 Å². The van der Waals surface area contributed by atoms with E-state index < -0.39 is 0 Å². The summed E-state index contributed by atoms with van der Waals surface area (Å²) in [4.78, 5) is 12.7. The molecule has 0 fully saturated rings. The average molecular weight is 206 g/mol. The van der Waals surface area contributed by atoms with Gasteiger partial charge in [0.25, 0.3) is 0 Å². The van der Waals surface area contributed by atoms with Crippen LogP contribution in [0.2, 0.25) is 0 Å². The molecule has 0 unspecified atom stereocenters. The fourth-order valence-corrected chi connectivity index (χ4v) is 1.68. The molecular formula is C12H18N2O. The number of carbonyl (C=O) groups is 1. The standard InChI is InChI=1S/C12H18N2O/c1-8-5-10(3)11(6-9(8)2)14(4)7-12(13)15/h5-6H,7H2,1-4H3,(H2,13,15). The molecule has 0 aromatic heterocycles. The maximum Gasteiger partial charge on any atom is 0.236 e. The van der Waals surface area contributed by atoms with Crippen LogP contribution in [0.15, 0.2) is 12.1 Å². The van der Waals surface area contributed by atoms with E-state index in [4.69, 9.17) is 5.73 Å². The summed E-state index contributed by atoms with van der Waals surface area (Å²) < 4.78 is 0. The van der Waals surface area contributed by atoms with E-state index >= 15 is 0 Å². The van der Waals surface area contributed by atoms with Gasteiger partial charge in [-0.15, -0.1) is 0 Å². The van der Waals surface area contributed by atoms with Gasteiger partial charge in [0, 0.05) is 12.7 Å². The van der Waals surface area contributed by atoms with Crippen LogP contribution in [0.1, 0.15) is 16.7 Å². The quantitative estimate of drug-likeness (QED) is 0.815. The lowest BCUT2D eigenvalue weighted by Gasteiger charge is -2.21. The van der Waals surface area contributed by atoms with Crippen molar-refractivity contribution in [1.29, 1.82) is 0 Å². The highest BCUT2D eigenvalue weighted by Gasteiger charge is 2.08. The summed E-state index contributed by atoms with van der Waals surface area (Å²) in [5, 5.41) is 0. The van der Waals surface area contributed by atoms with Crippen LogP contribution in [0.4, 0.5) is 5.69 Å².